The van der Waals surface area contributed by atoms with Crippen LogP contribution in [-0.2, 0) is 4.74 Å². The van der Waals surface area contributed by atoms with Crippen molar-refractivity contribution in [1.82, 2.24) is 5.32 Å². The maximum Gasteiger partial charge on any atom is 0.0518 e. The van der Waals surface area contributed by atoms with E-state index in [-0.39, 0.29) is 0 Å². The van der Waals surface area contributed by atoms with Gasteiger partial charge in [-0.25, -0.2) is 0 Å². The van der Waals surface area contributed by atoms with Crippen molar-refractivity contribution < 1.29 is 4.74 Å². The first-order chi connectivity index (χ1) is 8.63. The third-order valence-corrected chi connectivity index (χ3v) is 3.30. The summed E-state index contributed by atoms with van der Waals surface area (Å²) in [6.07, 6.45) is 2.47. The van der Waals surface area contributed by atoms with Gasteiger partial charge in [0, 0.05) is 17.1 Å². The summed E-state index contributed by atoms with van der Waals surface area (Å²) in [7, 11) is 0. The van der Waals surface area contributed by atoms with Gasteiger partial charge in [0.1, 0.15) is 0 Å². The summed E-state index contributed by atoms with van der Waals surface area (Å²) in [4.78, 5) is 0. The third kappa shape index (κ3) is 5.98. The van der Waals surface area contributed by atoms with E-state index >= 15 is 0 Å². The normalized spacial score (nSPS) is 12.9. The van der Waals surface area contributed by atoms with E-state index < -0.39 is 0 Å². The standard InChI is InChI=1S/C15H24BrNO/c1-4-10-17-15(9-11-18-12(2)3)13-5-7-14(16)8-6-13/h5-8,12,15,17H,4,9-11H2,1-3H3. The van der Waals surface area contributed by atoms with E-state index in [0.717, 1.165) is 30.5 Å². The number of benzene rings is 1. The zero-order valence-electron chi connectivity index (χ0n) is 11.6. The molecule has 3 heteroatoms. The van der Waals surface area contributed by atoms with Gasteiger partial charge >= 0.3 is 0 Å². The van der Waals surface area contributed by atoms with E-state index in [2.05, 4.69) is 66.3 Å². The van der Waals surface area contributed by atoms with Gasteiger partial charge in [-0.15, -0.1) is 0 Å². The molecular weight excluding hydrogens is 290 g/mol. The molecule has 0 aliphatic carbocycles. The predicted octanol–water partition coefficient (Wildman–Crippen LogP) is 4.30. The molecule has 1 rings (SSSR count). The van der Waals surface area contributed by atoms with E-state index in [1.54, 1.807) is 0 Å². The van der Waals surface area contributed by atoms with E-state index in [9.17, 15) is 0 Å². The van der Waals surface area contributed by atoms with Crippen LogP contribution < -0.4 is 5.32 Å². The van der Waals surface area contributed by atoms with Crippen LogP contribution >= 0.6 is 15.9 Å². The quantitative estimate of drug-likeness (QED) is 0.772. The second-order valence-electron chi connectivity index (χ2n) is 4.77. The second-order valence-corrected chi connectivity index (χ2v) is 5.68. The number of halogens is 1. The highest BCUT2D eigenvalue weighted by atomic mass is 79.9. The first-order valence-electron chi connectivity index (χ1n) is 6.74. The largest absolute Gasteiger partial charge is 0.379 e. The maximum atomic E-state index is 5.65. The smallest absolute Gasteiger partial charge is 0.0518 e. The van der Waals surface area contributed by atoms with Gasteiger partial charge in [0.15, 0.2) is 0 Å². The maximum absolute atomic E-state index is 5.65. The van der Waals surface area contributed by atoms with Crippen LogP contribution in [0.15, 0.2) is 28.7 Å². The first kappa shape index (κ1) is 15.7. The highest BCUT2D eigenvalue weighted by molar-refractivity contribution is 9.10. The minimum absolute atomic E-state index is 0.307. The summed E-state index contributed by atoms with van der Waals surface area (Å²) < 4.78 is 6.77. The lowest BCUT2D eigenvalue weighted by Crippen LogP contribution is -2.24. The second kappa shape index (κ2) is 8.68. The third-order valence-electron chi connectivity index (χ3n) is 2.77. The van der Waals surface area contributed by atoms with Crippen LogP contribution in [0, 0.1) is 0 Å². The molecule has 1 atom stereocenters. The average Bonchev–Trinajstić information content (AvgIpc) is 2.34. The summed E-state index contributed by atoms with van der Waals surface area (Å²) >= 11 is 3.47. The molecule has 2 nitrogen and oxygen atoms in total. The number of nitrogens with one attached hydrogen (secondary N) is 1. The van der Waals surface area contributed by atoms with Crippen molar-refractivity contribution in [2.45, 2.75) is 45.8 Å². The lowest BCUT2D eigenvalue weighted by atomic mass is 10.0. The Kier molecular flexibility index (Phi) is 7.56. The van der Waals surface area contributed by atoms with Gasteiger partial charge in [0.25, 0.3) is 0 Å². The van der Waals surface area contributed by atoms with Gasteiger partial charge in [0.2, 0.25) is 0 Å². The van der Waals surface area contributed by atoms with Crippen LogP contribution in [0.3, 0.4) is 0 Å². The number of hydrogen-bond acceptors (Lipinski definition) is 2. The molecule has 1 aromatic rings. The Balaban J connectivity index is 2.56. The molecule has 0 fully saturated rings. The van der Waals surface area contributed by atoms with Crippen molar-refractivity contribution in [2.24, 2.45) is 0 Å². The molecule has 0 saturated carbocycles. The molecule has 18 heavy (non-hydrogen) atoms. The molecule has 1 aromatic carbocycles. The van der Waals surface area contributed by atoms with Gasteiger partial charge in [-0.2, -0.15) is 0 Å². The Labute approximate surface area is 119 Å². The molecule has 0 aromatic heterocycles. The molecule has 102 valence electrons. The van der Waals surface area contributed by atoms with Gasteiger partial charge in [0.05, 0.1) is 6.10 Å². The van der Waals surface area contributed by atoms with Crippen molar-refractivity contribution in [3.8, 4) is 0 Å². The number of rotatable bonds is 8. The summed E-state index contributed by atoms with van der Waals surface area (Å²) in [5, 5.41) is 3.58. The molecule has 0 heterocycles. The monoisotopic (exact) mass is 313 g/mol. The number of hydrogen-bond donors (Lipinski definition) is 1. The number of ether oxygens (including phenoxy) is 1. The Bertz CT molecular complexity index is 324. The van der Waals surface area contributed by atoms with E-state index in [0.29, 0.717) is 12.1 Å². The molecule has 0 amide bonds. The molecule has 1 unspecified atom stereocenters. The topological polar surface area (TPSA) is 21.3 Å². The fourth-order valence-electron chi connectivity index (χ4n) is 1.82. The van der Waals surface area contributed by atoms with Crippen molar-refractivity contribution >= 4 is 15.9 Å². The molecular formula is C15H24BrNO. The summed E-state index contributed by atoms with van der Waals surface area (Å²) in [6, 6.07) is 8.93. The fourth-order valence-corrected chi connectivity index (χ4v) is 2.09. The van der Waals surface area contributed by atoms with Gasteiger partial charge in [-0.05, 0) is 50.9 Å². The van der Waals surface area contributed by atoms with Crippen LogP contribution in [0.1, 0.15) is 45.2 Å². The molecule has 0 radical (unpaired) electrons. The van der Waals surface area contributed by atoms with Gasteiger partial charge < -0.3 is 10.1 Å². The van der Waals surface area contributed by atoms with Crippen molar-refractivity contribution in [3.05, 3.63) is 34.3 Å². The minimum atomic E-state index is 0.307. The Morgan fingerprint density at radius 2 is 1.89 bits per heavy atom. The van der Waals surface area contributed by atoms with Crippen LogP contribution in [0.2, 0.25) is 0 Å². The van der Waals surface area contributed by atoms with E-state index in [1.807, 2.05) is 0 Å². The van der Waals surface area contributed by atoms with E-state index in [1.165, 1.54) is 5.56 Å². The van der Waals surface area contributed by atoms with Gasteiger partial charge in [-0.1, -0.05) is 35.0 Å². The molecule has 0 aliphatic heterocycles. The zero-order valence-corrected chi connectivity index (χ0v) is 13.2. The van der Waals surface area contributed by atoms with Crippen molar-refractivity contribution in [3.63, 3.8) is 0 Å². The fraction of sp³-hybridized carbons (Fsp3) is 0.600. The molecule has 0 spiro atoms. The van der Waals surface area contributed by atoms with Crippen molar-refractivity contribution in [1.29, 1.82) is 0 Å². The molecule has 1 N–H and O–H groups in total. The summed E-state index contributed by atoms with van der Waals surface area (Å²) in [5.41, 5.74) is 1.33. The Morgan fingerprint density at radius 1 is 1.22 bits per heavy atom. The minimum Gasteiger partial charge on any atom is -0.379 e. The molecule has 0 aliphatic rings. The lowest BCUT2D eigenvalue weighted by molar-refractivity contribution is 0.0715. The summed E-state index contributed by atoms with van der Waals surface area (Å²) in [6.45, 7) is 8.19. The first-order valence-corrected chi connectivity index (χ1v) is 7.53. The highest BCUT2D eigenvalue weighted by Gasteiger charge is 2.10. The van der Waals surface area contributed by atoms with Gasteiger partial charge in [-0.3, -0.25) is 0 Å². The SMILES string of the molecule is CCCNC(CCOC(C)C)c1ccc(Br)cc1. The molecule has 0 bridgehead atoms. The highest BCUT2D eigenvalue weighted by Crippen LogP contribution is 2.20. The Hall–Kier alpha value is -0.380. The lowest BCUT2D eigenvalue weighted by Gasteiger charge is -2.20. The van der Waals surface area contributed by atoms with Crippen molar-refractivity contribution in [2.75, 3.05) is 13.2 Å². The predicted molar refractivity (Wildman–Crippen MR) is 80.9 cm³/mol. The Morgan fingerprint density at radius 3 is 2.44 bits per heavy atom. The van der Waals surface area contributed by atoms with Crippen LogP contribution in [-0.4, -0.2) is 19.3 Å². The van der Waals surface area contributed by atoms with Crippen LogP contribution in [0.4, 0.5) is 0 Å². The van der Waals surface area contributed by atoms with Crippen LogP contribution in [0.25, 0.3) is 0 Å². The van der Waals surface area contributed by atoms with E-state index in [4.69, 9.17) is 4.74 Å². The average molecular weight is 314 g/mol. The van der Waals surface area contributed by atoms with Crippen LogP contribution in [0.5, 0.6) is 0 Å². The summed E-state index contributed by atoms with van der Waals surface area (Å²) in [5.74, 6) is 0. The molecule has 0 saturated heterocycles. The zero-order chi connectivity index (χ0) is 13.4.